The predicted octanol–water partition coefficient (Wildman–Crippen LogP) is 5.13. The lowest BCUT2D eigenvalue weighted by molar-refractivity contribution is 0.348. The molecule has 0 aromatic rings. The van der Waals surface area contributed by atoms with Crippen LogP contribution in [0.25, 0.3) is 0 Å². The minimum absolute atomic E-state index is 0.681. The van der Waals surface area contributed by atoms with Crippen LogP contribution in [0.1, 0.15) is 67.2 Å². The van der Waals surface area contributed by atoms with Gasteiger partial charge in [-0.05, 0) is 53.8 Å². The van der Waals surface area contributed by atoms with Gasteiger partial charge >= 0.3 is 0 Å². The average molecular weight is 222 g/mol. The Bertz CT molecular complexity index is 265. The normalized spacial score (nSPS) is 46.5. The highest BCUT2D eigenvalue weighted by molar-refractivity contribution is 5.08. The van der Waals surface area contributed by atoms with Gasteiger partial charge in [-0.3, -0.25) is 0 Å². The van der Waals surface area contributed by atoms with Crippen LogP contribution < -0.4 is 0 Å². The summed E-state index contributed by atoms with van der Waals surface area (Å²) in [6.45, 7) is 14.7. The molecule has 2 aliphatic rings. The van der Waals surface area contributed by atoms with Crippen molar-refractivity contribution in [2.45, 2.75) is 67.2 Å². The van der Waals surface area contributed by atoms with Crippen LogP contribution >= 0.6 is 0 Å². The standard InChI is InChI=1S/C16H30/c1-7-11(2)14-12(3)16(14,6)9-8-13-10-15(13,4)5/h11-14H,7-10H2,1-6H3. The first-order valence-corrected chi connectivity index (χ1v) is 7.33. The summed E-state index contributed by atoms with van der Waals surface area (Å²) in [6, 6.07) is 0. The molecule has 0 saturated heterocycles. The maximum absolute atomic E-state index is 2.55. The van der Waals surface area contributed by atoms with Gasteiger partial charge in [0.15, 0.2) is 0 Å². The summed E-state index contributed by atoms with van der Waals surface area (Å²) in [5, 5.41) is 0. The Hall–Kier alpha value is 0. The van der Waals surface area contributed by atoms with Gasteiger partial charge in [0.05, 0.1) is 0 Å². The topological polar surface area (TPSA) is 0 Å². The number of rotatable bonds is 5. The first-order valence-electron chi connectivity index (χ1n) is 7.33. The van der Waals surface area contributed by atoms with E-state index < -0.39 is 0 Å². The molecule has 0 spiro atoms. The van der Waals surface area contributed by atoms with Crippen molar-refractivity contribution < 1.29 is 0 Å². The van der Waals surface area contributed by atoms with Gasteiger partial charge in [0.2, 0.25) is 0 Å². The van der Waals surface area contributed by atoms with Crippen molar-refractivity contribution in [2.75, 3.05) is 0 Å². The van der Waals surface area contributed by atoms with E-state index in [1.165, 1.54) is 25.7 Å². The van der Waals surface area contributed by atoms with E-state index in [0.717, 1.165) is 23.7 Å². The second kappa shape index (κ2) is 3.75. The van der Waals surface area contributed by atoms with Gasteiger partial charge in [-0.1, -0.05) is 48.0 Å². The van der Waals surface area contributed by atoms with Crippen LogP contribution in [0.2, 0.25) is 0 Å². The fourth-order valence-corrected chi connectivity index (χ4v) is 4.18. The molecule has 0 N–H and O–H groups in total. The molecule has 2 rings (SSSR count). The highest BCUT2D eigenvalue weighted by Crippen LogP contribution is 2.66. The van der Waals surface area contributed by atoms with E-state index in [4.69, 9.17) is 0 Å². The Kier molecular flexibility index (Phi) is 2.92. The SMILES string of the molecule is CCC(C)C1C(C)C1(C)CCC1CC1(C)C. The van der Waals surface area contributed by atoms with Crippen LogP contribution in [0, 0.1) is 34.5 Å². The van der Waals surface area contributed by atoms with Crippen molar-refractivity contribution in [1.29, 1.82) is 0 Å². The van der Waals surface area contributed by atoms with Crippen molar-refractivity contribution in [3.05, 3.63) is 0 Å². The molecule has 2 saturated carbocycles. The minimum Gasteiger partial charge on any atom is -0.0651 e. The predicted molar refractivity (Wildman–Crippen MR) is 71.3 cm³/mol. The highest BCUT2D eigenvalue weighted by Gasteiger charge is 2.59. The van der Waals surface area contributed by atoms with Crippen LogP contribution in [0.15, 0.2) is 0 Å². The van der Waals surface area contributed by atoms with E-state index in [1.807, 2.05) is 0 Å². The fourth-order valence-electron chi connectivity index (χ4n) is 4.18. The van der Waals surface area contributed by atoms with E-state index >= 15 is 0 Å². The molecule has 16 heavy (non-hydrogen) atoms. The fraction of sp³-hybridized carbons (Fsp3) is 1.00. The van der Waals surface area contributed by atoms with Gasteiger partial charge in [-0.25, -0.2) is 0 Å². The monoisotopic (exact) mass is 222 g/mol. The molecule has 0 aromatic heterocycles. The Morgan fingerprint density at radius 3 is 2.25 bits per heavy atom. The highest BCUT2D eigenvalue weighted by atomic mass is 14.6. The zero-order chi connectivity index (χ0) is 12.1. The third-order valence-electron chi connectivity index (χ3n) is 6.24. The smallest absolute Gasteiger partial charge is 0.0264 e. The third-order valence-corrected chi connectivity index (χ3v) is 6.24. The number of hydrogen-bond acceptors (Lipinski definition) is 0. The molecular formula is C16H30. The molecule has 5 unspecified atom stereocenters. The van der Waals surface area contributed by atoms with E-state index in [-0.39, 0.29) is 0 Å². The largest absolute Gasteiger partial charge is 0.0651 e. The van der Waals surface area contributed by atoms with Crippen molar-refractivity contribution in [2.24, 2.45) is 34.5 Å². The van der Waals surface area contributed by atoms with Crippen LogP contribution in [0.3, 0.4) is 0 Å². The molecule has 5 atom stereocenters. The van der Waals surface area contributed by atoms with Gasteiger partial charge in [-0.2, -0.15) is 0 Å². The molecule has 0 aromatic carbocycles. The van der Waals surface area contributed by atoms with E-state index in [0.29, 0.717) is 10.8 Å². The van der Waals surface area contributed by atoms with Crippen LogP contribution in [-0.4, -0.2) is 0 Å². The Balaban J connectivity index is 1.82. The van der Waals surface area contributed by atoms with Crippen molar-refractivity contribution in [1.82, 2.24) is 0 Å². The van der Waals surface area contributed by atoms with Crippen LogP contribution in [-0.2, 0) is 0 Å². The molecule has 0 radical (unpaired) electrons. The third kappa shape index (κ3) is 1.93. The molecule has 94 valence electrons. The Morgan fingerprint density at radius 1 is 1.25 bits per heavy atom. The van der Waals surface area contributed by atoms with Gasteiger partial charge in [-0.15, -0.1) is 0 Å². The Morgan fingerprint density at radius 2 is 1.81 bits per heavy atom. The van der Waals surface area contributed by atoms with Gasteiger partial charge in [0, 0.05) is 0 Å². The summed E-state index contributed by atoms with van der Waals surface area (Å²) in [5.41, 5.74) is 1.37. The first kappa shape index (κ1) is 12.5. The second-order valence-electron chi connectivity index (χ2n) is 7.63. The summed E-state index contributed by atoms with van der Waals surface area (Å²) in [7, 11) is 0. The molecule has 0 amide bonds. The van der Waals surface area contributed by atoms with Crippen molar-refractivity contribution in [3.8, 4) is 0 Å². The lowest BCUT2D eigenvalue weighted by atomic mass is 9.90. The van der Waals surface area contributed by atoms with Gasteiger partial charge in [0.25, 0.3) is 0 Å². The molecule has 2 fully saturated rings. The number of hydrogen-bond donors (Lipinski definition) is 0. The minimum atomic E-state index is 0.681. The summed E-state index contributed by atoms with van der Waals surface area (Å²) < 4.78 is 0. The maximum atomic E-state index is 2.55. The second-order valence-corrected chi connectivity index (χ2v) is 7.63. The zero-order valence-corrected chi connectivity index (χ0v) is 12.1. The lowest BCUT2D eigenvalue weighted by Gasteiger charge is -2.15. The first-order chi connectivity index (χ1) is 7.33. The lowest BCUT2D eigenvalue weighted by Crippen LogP contribution is -2.06. The van der Waals surface area contributed by atoms with E-state index in [2.05, 4.69) is 41.5 Å². The summed E-state index contributed by atoms with van der Waals surface area (Å²) in [6.07, 6.45) is 5.81. The molecule has 0 heteroatoms. The zero-order valence-electron chi connectivity index (χ0n) is 12.1. The Labute approximate surface area is 102 Å². The maximum Gasteiger partial charge on any atom is -0.0264 e. The van der Waals surface area contributed by atoms with Crippen LogP contribution in [0.5, 0.6) is 0 Å². The molecule has 0 bridgehead atoms. The molecular weight excluding hydrogens is 192 g/mol. The molecule has 2 aliphatic carbocycles. The summed E-state index contributed by atoms with van der Waals surface area (Å²) in [5.74, 6) is 3.96. The average Bonchev–Trinajstić information content (AvgIpc) is 2.99. The van der Waals surface area contributed by atoms with Gasteiger partial charge in [0.1, 0.15) is 0 Å². The summed E-state index contributed by atoms with van der Waals surface area (Å²) >= 11 is 0. The summed E-state index contributed by atoms with van der Waals surface area (Å²) in [4.78, 5) is 0. The van der Waals surface area contributed by atoms with Gasteiger partial charge < -0.3 is 0 Å². The molecule has 0 nitrogen and oxygen atoms in total. The van der Waals surface area contributed by atoms with Crippen molar-refractivity contribution in [3.63, 3.8) is 0 Å². The van der Waals surface area contributed by atoms with E-state index in [1.54, 1.807) is 0 Å². The molecule has 0 heterocycles. The quantitative estimate of drug-likeness (QED) is 0.605. The van der Waals surface area contributed by atoms with E-state index in [9.17, 15) is 0 Å². The molecule has 0 aliphatic heterocycles. The van der Waals surface area contributed by atoms with Crippen LogP contribution in [0.4, 0.5) is 0 Å². The van der Waals surface area contributed by atoms with Crippen molar-refractivity contribution >= 4 is 0 Å².